The van der Waals surface area contributed by atoms with Gasteiger partial charge in [-0.05, 0) is 71.6 Å². The van der Waals surface area contributed by atoms with Gasteiger partial charge in [0.1, 0.15) is 5.82 Å². The van der Waals surface area contributed by atoms with E-state index in [0.29, 0.717) is 11.5 Å². The standard InChI is InChI=1S/C52H34N5O.Pd/c1-5-15-37(16-6-1)39-27-28-53-50(33-39)57-49-35-44(25-26-47(49)51-52(57)46-23-13-14-24-48(46)56(51)42-21-11-4-12-22-42)58-45-32-40(38-17-7-2-8-18-38)31-43(34-45)55-30-29-54(36-55)41-19-9-3-10-20-41;/h1-33,36H;/q-3;. The van der Waals surface area contributed by atoms with Crippen molar-refractivity contribution in [2.75, 3.05) is 9.80 Å². The molecule has 0 N–H and O–H groups in total. The molecular formula is C52H34N5OPd-3. The fourth-order valence-electron chi connectivity index (χ4n) is 8.01. The average molecular weight is 851 g/mol. The van der Waals surface area contributed by atoms with Crippen LogP contribution in [0.1, 0.15) is 0 Å². The first-order chi connectivity index (χ1) is 28.7. The van der Waals surface area contributed by atoms with Gasteiger partial charge in [0.05, 0.1) is 11.0 Å². The van der Waals surface area contributed by atoms with Gasteiger partial charge in [0.25, 0.3) is 0 Å². The summed E-state index contributed by atoms with van der Waals surface area (Å²) in [5.41, 5.74) is 11.4. The van der Waals surface area contributed by atoms with E-state index >= 15 is 0 Å². The molecule has 0 unspecified atom stereocenters. The minimum absolute atomic E-state index is 0. The number of nitrogens with zero attached hydrogens (tertiary/aromatic N) is 5. The van der Waals surface area contributed by atoms with Crippen LogP contribution in [0.3, 0.4) is 0 Å². The van der Waals surface area contributed by atoms with Crippen LogP contribution in [0, 0.1) is 18.8 Å². The number of benzene rings is 7. The number of para-hydroxylation sites is 3. The molecule has 3 aromatic heterocycles. The van der Waals surface area contributed by atoms with Crippen molar-refractivity contribution in [2.45, 2.75) is 0 Å². The van der Waals surface area contributed by atoms with Crippen LogP contribution in [0.2, 0.25) is 0 Å². The predicted octanol–water partition coefficient (Wildman–Crippen LogP) is 12.8. The van der Waals surface area contributed by atoms with Crippen LogP contribution < -0.4 is 14.5 Å². The van der Waals surface area contributed by atoms with Crippen LogP contribution >= 0.6 is 0 Å². The second kappa shape index (κ2) is 15.3. The summed E-state index contributed by atoms with van der Waals surface area (Å²) in [6.07, 6.45) is 5.98. The number of fused-ring (bicyclic) bond motifs is 5. The topological polar surface area (TPSA) is 38.5 Å². The third-order valence-corrected chi connectivity index (χ3v) is 10.7. The summed E-state index contributed by atoms with van der Waals surface area (Å²) < 4.78 is 11.4. The molecule has 7 aromatic carbocycles. The predicted molar refractivity (Wildman–Crippen MR) is 235 cm³/mol. The fraction of sp³-hybridized carbons (Fsp3) is 0. The van der Waals surface area contributed by atoms with Crippen molar-refractivity contribution in [3.63, 3.8) is 0 Å². The van der Waals surface area contributed by atoms with Crippen molar-refractivity contribution in [1.29, 1.82) is 0 Å². The van der Waals surface area contributed by atoms with Gasteiger partial charge < -0.3 is 23.7 Å². The van der Waals surface area contributed by atoms with E-state index in [-0.39, 0.29) is 20.4 Å². The van der Waals surface area contributed by atoms with E-state index in [9.17, 15) is 0 Å². The molecule has 6 nitrogen and oxygen atoms in total. The Morgan fingerprint density at radius 2 is 1.10 bits per heavy atom. The normalized spacial score (nSPS) is 12.4. The molecule has 286 valence electrons. The zero-order valence-corrected chi connectivity index (χ0v) is 33.1. The summed E-state index contributed by atoms with van der Waals surface area (Å²) in [5.74, 6) is 1.95. The third-order valence-electron chi connectivity index (χ3n) is 10.7. The first-order valence-corrected chi connectivity index (χ1v) is 19.3. The van der Waals surface area contributed by atoms with Crippen molar-refractivity contribution in [3.8, 4) is 45.3 Å². The van der Waals surface area contributed by atoms with E-state index < -0.39 is 0 Å². The molecule has 1 aliphatic heterocycles. The maximum Gasteiger partial charge on any atom is 0.136 e. The van der Waals surface area contributed by atoms with Crippen molar-refractivity contribution in [2.24, 2.45) is 0 Å². The number of hydrogen-bond acceptors (Lipinski definition) is 4. The molecule has 0 amide bonds. The van der Waals surface area contributed by atoms with Crippen molar-refractivity contribution in [3.05, 3.63) is 219 Å². The summed E-state index contributed by atoms with van der Waals surface area (Å²) in [6, 6.07) is 70.1. The Bertz CT molecular complexity index is 3120. The van der Waals surface area contributed by atoms with Gasteiger partial charge in [0.15, 0.2) is 0 Å². The van der Waals surface area contributed by atoms with Gasteiger partial charge >= 0.3 is 0 Å². The molecule has 0 fully saturated rings. The number of anilines is 2. The molecule has 0 atom stereocenters. The molecule has 59 heavy (non-hydrogen) atoms. The molecule has 7 heteroatoms. The van der Waals surface area contributed by atoms with Crippen LogP contribution in [0.4, 0.5) is 11.4 Å². The Kier molecular flexibility index (Phi) is 9.39. The summed E-state index contributed by atoms with van der Waals surface area (Å²) in [7, 11) is 0. The summed E-state index contributed by atoms with van der Waals surface area (Å²) in [5, 5.41) is 2.16. The molecule has 0 aliphatic carbocycles. The van der Waals surface area contributed by atoms with Crippen LogP contribution in [0.5, 0.6) is 11.5 Å². The zero-order chi connectivity index (χ0) is 38.4. The maximum atomic E-state index is 6.79. The second-order valence-electron chi connectivity index (χ2n) is 14.2. The zero-order valence-electron chi connectivity index (χ0n) is 31.6. The first-order valence-electron chi connectivity index (χ1n) is 19.3. The van der Waals surface area contributed by atoms with Gasteiger partial charge in [-0.2, -0.15) is 6.07 Å². The van der Waals surface area contributed by atoms with E-state index in [2.05, 4.69) is 177 Å². The van der Waals surface area contributed by atoms with Gasteiger partial charge in [-0.1, -0.05) is 126 Å². The molecule has 10 aromatic rings. The van der Waals surface area contributed by atoms with E-state index in [1.54, 1.807) is 0 Å². The Labute approximate surface area is 356 Å². The SMILES string of the molecule is [Pd].[c-]1c(Oc2[c-]c3c(cc2)c2c(c4ccccc4n2-c2ccccc2)n3-c2cc(-c3ccccc3)ccn2)cc(-c2ccccc2)cc1N1C=CN(c2ccccc2)[CH-]1. The maximum absolute atomic E-state index is 6.79. The van der Waals surface area contributed by atoms with E-state index in [1.165, 1.54) is 0 Å². The second-order valence-corrected chi connectivity index (χ2v) is 14.2. The molecular weight excluding hydrogens is 817 g/mol. The molecule has 0 bridgehead atoms. The van der Waals surface area contributed by atoms with Gasteiger partial charge in [-0.25, -0.2) is 4.98 Å². The summed E-state index contributed by atoms with van der Waals surface area (Å²) >= 11 is 0. The Hall–Kier alpha value is -7.17. The van der Waals surface area contributed by atoms with E-state index in [0.717, 1.165) is 78.0 Å². The quantitative estimate of drug-likeness (QED) is 0.113. The largest absolute Gasteiger partial charge is 0.509 e. The van der Waals surface area contributed by atoms with Crippen LogP contribution in [0.25, 0.3) is 66.6 Å². The molecule has 0 saturated heterocycles. The number of pyridine rings is 1. The minimum Gasteiger partial charge on any atom is -0.509 e. The third kappa shape index (κ3) is 6.57. The van der Waals surface area contributed by atoms with Gasteiger partial charge in [-0.3, -0.25) is 0 Å². The van der Waals surface area contributed by atoms with Crippen LogP contribution in [0.15, 0.2) is 201 Å². The number of ether oxygens (including phenoxy) is 1. The smallest absolute Gasteiger partial charge is 0.136 e. The van der Waals surface area contributed by atoms with Crippen molar-refractivity contribution in [1.82, 2.24) is 14.1 Å². The summed E-state index contributed by atoms with van der Waals surface area (Å²) in [4.78, 5) is 9.17. The van der Waals surface area contributed by atoms with Gasteiger partial charge in [-0.15, -0.1) is 48.3 Å². The van der Waals surface area contributed by atoms with E-state index in [1.807, 2.05) is 61.1 Å². The Morgan fingerprint density at radius 3 is 1.85 bits per heavy atom. The van der Waals surface area contributed by atoms with Gasteiger partial charge in [0, 0.05) is 60.4 Å². The number of aromatic nitrogens is 3. The molecule has 11 rings (SSSR count). The molecule has 1 aliphatic rings. The Balaban J connectivity index is 0.00000420. The Morgan fingerprint density at radius 1 is 0.475 bits per heavy atom. The monoisotopic (exact) mass is 850 g/mol. The number of rotatable bonds is 8. The minimum atomic E-state index is 0. The molecule has 0 saturated carbocycles. The van der Waals surface area contributed by atoms with Gasteiger partial charge in [0.2, 0.25) is 0 Å². The first kappa shape index (κ1) is 36.2. The van der Waals surface area contributed by atoms with Crippen molar-refractivity contribution < 1.29 is 25.2 Å². The summed E-state index contributed by atoms with van der Waals surface area (Å²) in [6.45, 7) is 2.05. The fourth-order valence-corrected chi connectivity index (χ4v) is 8.01. The average Bonchev–Trinajstić information content (AvgIpc) is 4.01. The molecule has 0 spiro atoms. The number of hydrogen-bond donors (Lipinski definition) is 0. The van der Waals surface area contributed by atoms with E-state index in [4.69, 9.17) is 9.72 Å². The molecule has 0 radical (unpaired) electrons. The van der Waals surface area contributed by atoms with Crippen molar-refractivity contribution >= 4 is 44.2 Å². The van der Waals surface area contributed by atoms with Crippen LogP contribution in [-0.2, 0) is 20.4 Å². The van der Waals surface area contributed by atoms with Crippen LogP contribution in [-0.4, -0.2) is 14.1 Å². The molecule has 4 heterocycles.